The molecule has 1 aliphatic rings. The number of para-hydroxylation sites is 1. The van der Waals surface area contributed by atoms with Crippen LogP contribution in [0.15, 0.2) is 42.7 Å². The number of hydrogen-bond acceptors (Lipinski definition) is 4. The van der Waals surface area contributed by atoms with Gasteiger partial charge >= 0.3 is 0 Å². The number of aromatic nitrogens is 2. The van der Waals surface area contributed by atoms with Crippen LogP contribution in [0, 0.1) is 0 Å². The highest BCUT2D eigenvalue weighted by molar-refractivity contribution is 5.31. The molecule has 5 heteroatoms. The Hall–Kier alpha value is -1.69. The molecule has 20 heavy (non-hydrogen) atoms. The predicted molar refractivity (Wildman–Crippen MR) is 77.8 cm³/mol. The monoisotopic (exact) mass is 272 g/mol. The molecule has 2 N–H and O–H groups in total. The van der Waals surface area contributed by atoms with E-state index in [0.29, 0.717) is 6.54 Å². The molecule has 5 nitrogen and oxygen atoms in total. The van der Waals surface area contributed by atoms with E-state index in [-0.39, 0.29) is 6.04 Å². The van der Waals surface area contributed by atoms with Crippen LogP contribution in [0.5, 0.6) is 0 Å². The van der Waals surface area contributed by atoms with Gasteiger partial charge in [0.1, 0.15) is 0 Å². The molecular formula is C15H20N4O. The van der Waals surface area contributed by atoms with Crippen molar-refractivity contribution in [2.45, 2.75) is 6.04 Å². The maximum atomic E-state index is 5.96. The molecule has 1 unspecified atom stereocenters. The molecule has 0 bridgehead atoms. The van der Waals surface area contributed by atoms with Gasteiger partial charge < -0.3 is 10.5 Å². The predicted octanol–water partition coefficient (Wildman–Crippen LogP) is 1.20. The smallest absolute Gasteiger partial charge is 0.0645 e. The summed E-state index contributed by atoms with van der Waals surface area (Å²) < 4.78 is 7.30. The summed E-state index contributed by atoms with van der Waals surface area (Å²) in [5.74, 6) is 0. The van der Waals surface area contributed by atoms with Crippen LogP contribution in [0.25, 0.3) is 5.69 Å². The van der Waals surface area contributed by atoms with E-state index in [0.717, 1.165) is 32.0 Å². The van der Waals surface area contributed by atoms with Gasteiger partial charge in [0.25, 0.3) is 0 Å². The van der Waals surface area contributed by atoms with Crippen LogP contribution in [-0.4, -0.2) is 47.5 Å². The van der Waals surface area contributed by atoms with E-state index < -0.39 is 0 Å². The first-order valence-corrected chi connectivity index (χ1v) is 7.00. The first kappa shape index (κ1) is 13.3. The summed E-state index contributed by atoms with van der Waals surface area (Å²) in [6.07, 6.45) is 3.99. The second kappa shape index (κ2) is 6.17. The van der Waals surface area contributed by atoms with Gasteiger partial charge in [-0.2, -0.15) is 5.10 Å². The lowest BCUT2D eigenvalue weighted by Gasteiger charge is -2.33. The molecule has 1 aliphatic heterocycles. The second-order valence-corrected chi connectivity index (χ2v) is 4.95. The molecule has 0 saturated carbocycles. The maximum Gasteiger partial charge on any atom is 0.0645 e. The molecule has 0 amide bonds. The fourth-order valence-electron chi connectivity index (χ4n) is 2.62. The third-order valence-corrected chi connectivity index (χ3v) is 3.72. The first-order valence-electron chi connectivity index (χ1n) is 7.00. The first-order chi connectivity index (χ1) is 9.88. The van der Waals surface area contributed by atoms with Crippen LogP contribution in [0.4, 0.5) is 0 Å². The van der Waals surface area contributed by atoms with Gasteiger partial charge in [0.05, 0.1) is 31.1 Å². The highest BCUT2D eigenvalue weighted by Gasteiger charge is 2.22. The van der Waals surface area contributed by atoms with Gasteiger partial charge in [0.2, 0.25) is 0 Å². The number of hydrogen-bond donors (Lipinski definition) is 1. The summed E-state index contributed by atoms with van der Waals surface area (Å²) in [6, 6.07) is 10.3. The number of morpholine rings is 1. The molecule has 1 fully saturated rings. The summed E-state index contributed by atoms with van der Waals surface area (Å²) in [5.41, 5.74) is 8.20. The van der Waals surface area contributed by atoms with Crippen LogP contribution in [0.3, 0.4) is 0 Å². The molecule has 0 spiro atoms. The fraction of sp³-hybridized carbons (Fsp3) is 0.400. The standard InChI is InChI=1S/C15H20N4O/c16-10-15(18-6-8-20-9-7-18)13-11-17-19(12-13)14-4-2-1-3-5-14/h1-5,11-12,15H,6-10,16H2. The highest BCUT2D eigenvalue weighted by atomic mass is 16.5. The molecule has 0 aliphatic carbocycles. The summed E-state index contributed by atoms with van der Waals surface area (Å²) in [5, 5.41) is 4.45. The van der Waals surface area contributed by atoms with Crippen molar-refractivity contribution in [1.29, 1.82) is 0 Å². The van der Waals surface area contributed by atoms with E-state index in [9.17, 15) is 0 Å². The highest BCUT2D eigenvalue weighted by Crippen LogP contribution is 2.21. The van der Waals surface area contributed by atoms with Crippen molar-refractivity contribution in [3.63, 3.8) is 0 Å². The average molecular weight is 272 g/mol. The van der Waals surface area contributed by atoms with Gasteiger partial charge in [-0.3, -0.25) is 4.90 Å². The lowest BCUT2D eigenvalue weighted by Crippen LogP contribution is -2.41. The van der Waals surface area contributed by atoms with Crippen molar-refractivity contribution in [2.75, 3.05) is 32.8 Å². The molecule has 1 atom stereocenters. The fourth-order valence-corrected chi connectivity index (χ4v) is 2.62. The Morgan fingerprint density at radius 2 is 1.95 bits per heavy atom. The number of rotatable bonds is 4. The van der Waals surface area contributed by atoms with Crippen molar-refractivity contribution in [1.82, 2.24) is 14.7 Å². The molecule has 0 radical (unpaired) electrons. The Labute approximate surface area is 118 Å². The lowest BCUT2D eigenvalue weighted by molar-refractivity contribution is 0.0179. The van der Waals surface area contributed by atoms with Gasteiger partial charge in [-0.1, -0.05) is 18.2 Å². The Balaban J connectivity index is 1.80. The number of ether oxygens (including phenoxy) is 1. The second-order valence-electron chi connectivity index (χ2n) is 4.95. The number of nitrogens with zero attached hydrogens (tertiary/aromatic N) is 3. The van der Waals surface area contributed by atoms with Crippen molar-refractivity contribution >= 4 is 0 Å². The van der Waals surface area contributed by atoms with Gasteiger partial charge in [0, 0.05) is 31.4 Å². The average Bonchev–Trinajstić information content (AvgIpc) is 3.00. The SMILES string of the molecule is NCC(c1cnn(-c2ccccc2)c1)N1CCOCC1. The summed E-state index contributed by atoms with van der Waals surface area (Å²) in [7, 11) is 0. The Morgan fingerprint density at radius 1 is 1.20 bits per heavy atom. The number of nitrogens with two attached hydrogens (primary N) is 1. The third kappa shape index (κ3) is 2.75. The Bertz CT molecular complexity index is 534. The minimum Gasteiger partial charge on any atom is -0.379 e. The molecule has 2 heterocycles. The van der Waals surface area contributed by atoms with E-state index >= 15 is 0 Å². The lowest BCUT2D eigenvalue weighted by atomic mass is 10.1. The van der Waals surface area contributed by atoms with Crippen LogP contribution in [0.2, 0.25) is 0 Å². The Kier molecular flexibility index (Phi) is 4.11. The van der Waals surface area contributed by atoms with E-state index in [2.05, 4.69) is 16.2 Å². The normalized spacial score (nSPS) is 18.1. The Morgan fingerprint density at radius 3 is 2.65 bits per heavy atom. The van der Waals surface area contributed by atoms with Gasteiger partial charge in [0.15, 0.2) is 0 Å². The number of benzene rings is 1. The van der Waals surface area contributed by atoms with E-state index in [1.807, 2.05) is 41.2 Å². The molecule has 1 saturated heterocycles. The van der Waals surface area contributed by atoms with Gasteiger partial charge in [-0.05, 0) is 12.1 Å². The largest absolute Gasteiger partial charge is 0.379 e. The van der Waals surface area contributed by atoms with E-state index in [1.165, 1.54) is 5.56 Å². The molecule has 106 valence electrons. The van der Waals surface area contributed by atoms with Gasteiger partial charge in [-0.15, -0.1) is 0 Å². The van der Waals surface area contributed by atoms with E-state index in [1.54, 1.807) is 0 Å². The van der Waals surface area contributed by atoms with Gasteiger partial charge in [-0.25, -0.2) is 4.68 Å². The topological polar surface area (TPSA) is 56.3 Å². The summed E-state index contributed by atoms with van der Waals surface area (Å²) >= 11 is 0. The maximum absolute atomic E-state index is 5.96. The van der Waals surface area contributed by atoms with Crippen LogP contribution in [-0.2, 0) is 4.74 Å². The zero-order valence-corrected chi connectivity index (χ0v) is 11.5. The van der Waals surface area contributed by atoms with Crippen LogP contribution >= 0.6 is 0 Å². The van der Waals surface area contributed by atoms with Crippen LogP contribution < -0.4 is 5.73 Å². The molecular weight excluding hydrogens is 252 g/mol. The third-order valence-electron chi connectivity index (χ3n) is 3.72. The quantitative estimate of drug-likeness (QED) is 0.909. The van der Waals surface area contributed by atoms with Crippen molar-refractivity contribution in [3.8, 4) is 5.69 Å². The molecule has 1 aromatic carbocycles. The zero-order valence-electron chi connectivity index (χ0n) is 11.5. The molecule has 2 aromatic rings. The minimum absolute atomic E-state index is 0.219. The zero-order chi connectivity index (χ0) is 13.8. The molecule has 1 aromatic heterocycles. The van der Waals surface area contributed by atoms with Crippen molar-refractivity contribution in [3.05, 3.63) is 48.3 Å². The molecule has 3 rings (SSSR count). The summed E-state index contributed by atoms with van der Waals surface area (Å²) in [6.45, 7) is 4.02. The summed E-state index contributed by atoms with van der Waals surface area (Å²) in [4.78, 5) is 2.37. The van der Waals surface area contributed by atoms with Crippen molar-refractivity contribution in [2.24, 2.45) is 5.73 Å². The van der Waals surface area contributed by atoms with E-state index in [4.69, 9.17) is 10.5 Å². The minimum atomic E-state index is 0.219. The van der Waals surface area contributed by atoms with Crippen LogP contribution in [0.1, 0.15) is 11.6 Å². The van der Waals surface area contributed by atoms with Crippen molar-refractivity contribution < 1.29 is 4.74 Å².